The van der Waals surface area contributed by atoms with Gasteiger partial charge in [-0.25, -0.2) is 4.98 Å². The molecule has 1 N–H and O–H groups in total. The third-order valence-electron chi connectivity index (χ3n) is 5.43. The summed E-state index contributed by atoms with van der Waals surface area (Å²) in [4.78, 5) is 17.6. The smallest absolute Gasteiger partial charge is 0.293 e. The Morgan fingerprint density at radius 1 is 1.10 bits per heavy atom. The van der Waals surface area contributed by atoms with E-state index in [4.69, 9.17) is 4.42 Å². The summed E-state index contributed by atoms with van der Waals surface area (Å²) in [5.41, 5.74) is 2.65. The zero-order valence-electron chi connectivity index (χ0n) is 16.0. The van der Waals surface area contributed by atoms with E-state index < -0.39 is 0 Å². The van der Waals surface area contributed by atoms with Gasteiger partial charge >= 0.3 is 0 Å². The van der Waals surface area contributed by atoms with Crippen molar-refractivity contribution >= 4 is 55.3 Å². The molecule has 5 rings (SSSR count). The lowest BCUT2D eigenvalue weighted by molar-refractivity contribution is 0.0998. The van der Waals surface area contributed by atoms with Gasteiger partial charge in [-0.1, -0.05) is 60.9 Å². The minimum absolute atomic E-state index is 0.223. The molecule has 29 heavy (non-hydrogen) atoms. The van der Waals surface area contributed by atoms with Crippen LogP contribution < -0.4 is 5.32 Å². The zero-order valence-corrected chi connectivity index (χ0v) is 17.7. The predicted octanol–water partition coefficient (Wildman–Crippen LogP) is 6.86. The van der Waals surface area contributed by atoms with Gasteiger partial charge < -0.3 is 4.42 Å². The molecule has 2 heterocycles. The number of furan rings is 1. The average Bonchev–Trinajstić information content (AvgIpc) is 3.33. The number of para-hydroxylation sites is 2. The minimum Gasteiger partial charge on any atom is -0.451 e. The van der Waals surface area contributed by atoms with Crippen LogP contribution in [0.25, 0.3) is 21.2 Å². The van der Waals surface area contributed by atoms with Crippen molar-refractivity contribution < 1.29 is 9.21 Å². The van der Waals surface area contributed by atoms with E-state index in [0.717, 1.165) is 32.5 Å². The van der Waals surface area contributed by atoms with E-state index in [1.54, 1.807) is 0 Å². The Balaban J connectivity index is 1.42. The van der Waals surface area contributed by atoms with Crippen LogP contribution in [0.3, 0.4) is 0 Å². The molecule has 0 atom stereocenters. The average molecular weight is 423 g/mol. The molecule has 2 aromatic heterocycles. The van der Waals surface area contributed by atoms with Crippen molar-refractivity contribution in [1.29, 1.82) is 0 Å². The fraction of sp³-hybridized carbons (Fsp3) is 0.304. The first kappa shape index (κ1) is 18.7. The first-order valence-corrected chi connectivity index (χ1v) is 11.9. The maximum absolute atomic E-state index is 13.1. The minimum atomic E-state index is -0.223. The van der Waals surface area contributed by atoms with E-state index in [2.05, 4.69) is 10.3 Å². The Kier molecular flexibility index (Phi) is 5.29. The molecule has 0 saturated heterocycles. The van der Waals surface area contributed by atoms with E-state index in [0.29, 0.717) is 16.1 Å². The summed E-state index contributed by atoms with van der Waals surface area (Å²) in [5, 5.41) is 5.26. The van der Waals surface area contributed by atoms with Crippen LogP contribution in [0.5, 0.6) is 0 Å². The van der Waals surface area contributed by atoms with Crippen LogP contribution in [0.15, 0.2) is 52.9 Å². The van der Waals surface area contributed by atoms with Gasteiger partial charge in [0.05, 0.1) is 10.2 Å². The molecule has 1 fully saturated rings. The SMILES string of the molecule is O=C(Nc1nc2ccccc2s1)c1oc2ccccc2c1CSC1CCCCC1. The Morgan fingerprint density at radius 3 is 2.76 bits per heavy atom. The standard InChI is InChI=1S/C23H22N2O2S2/c26-22(25-23-24-18-11-5-7-13-20(18)29-23)21-17(14-28-15-8-2-1-3-9-15)16-10-4-6-12-19(16)27-21/h4-7,10-13,15H,1-3,8-9,14H2,(H,24,25,26). The Morgan fingerprint density at radius 2 is 1.90 bits per heavy atom. The van der Waals surface area contributed by atoms with E-state index in [1.165, 1.54) is 43.4 Å². The second-order valence-electron chi connectivity index (χ2n) is 7.42. The molecular formula is C23H22N2O2S2. The fourth-order valence-electron chi connectivity index (χ4n) is 3.94. The molecule has 1 aliphatic rings. The molecule has 0 spiro atoms. The molecule has 4 nitrogen and oxygen atoms in total. The number of rotatable bonds is 5. The lowest BCUT2D eigenvalue weighted by Crippen LogP contribution is -2.13. The normalized spacial score (nSPS) is 15.2. The van der Waals surface area contributed by atoms with Crippen LogP contribution in [-0.2, 0) is 5.75 Å². The van der Waals surface area contributed by atoms with Gasteiger partial charge in [0.2, 0.25) is 0 Å². The van der Waals surface area contributed by atoms with Crippen LogP contribution in [0.2, 0.25) is 0 Å². The first-order valence-electron chi connectivity index (χ1n) is 10.1. The van der Waals surface area contributed by atoms with E-state index in [1.807, 2.05) is 60.3 Å². The number of thioether (sulfide) groups is 1. The number of hydrogen-bond acceptors (Lipinski definition) is 5. The molecule has 1 amide bonds. The summed E-state index contributed by atoms with van der Waals surface area (Å²) in [6.45, 7) is 0. The number of amides is 1. The van der Waals surface area contributed by atoms with E-state index >= 15 is 0 Å². The summed E-state index contributed by atoms with van der Waals surface area (Å²) in [7, 11) is 0. The zero-order chi connectivity index (χ0) is 19.6. The van der Waals surface area contributed by atoms with Crippen molar-refractivity contribution in [1.82, 2.24) is 4.98 Å². The number of hydrogen-bond donors (Lipinski definition) is 1. The number of nitrogens with one attached hydrogen (secondary N) is 1. The largest absolute Gasteiger partial charge is 0.451 e. The van der Waals surface area contributed by atoms with Crippen molar-refractivity contribution in [2.75, 3.05) is 5.32 Å². The number of nitrogens with zero attached hydrogens (tertiary/aromatic N) is 1. The summed E-state index contributed by atoms with van der Waals surface area (Å²) >= 11 is 3.44. The quantitative estimate of drug-likeness (QED) is 0.382. The highest BCUT2D eigenvalue weighted by Gasteiger charge is 2.23. The molecule has 1 aliphatic carbocycles. The molecular weight excluding hydrogens is 400 g/mol. The third kappa shape index (κ3) is 3.91. The molecule has 1 saturated carbocycles. The second kappa shape index (κ2) is 8.20. The highest BCUT2D eigenvalue weighted by atomic mass is 32.2. The maximum atomic E-state index is 13.1. The molecule has 0 radical (unpaired) electrons. The van der Waals surface area contributed by atoms with Crippen molar-refractivity contribution in [3.8, 4) is 0 Å². The van der Waals surface area contributed by atoms with Crippen LogP contribution in [0.4, 0.5) is 5.13 Å². The second-order valence-corrected chi connectivity index (χ2v) is 9.74. The number of anilines is 1. The number of benzene rings is 2. The van der Waals surface area contributed by atoms with Gasteiger partial charge in [0.1, 0.15) is 5.58 Å². The van der Waals surface area contributed by atoms with Gasteiger partial charge in [0, 0.05) is 22.0 Å². The van der Waals surface area contributed by atoms with E-state index in [-0.39, 0.29) is 5.91 Å². The highest BCUT2D eigenvalue weighted by Crippen LogP contribution is 2.35. The van der Waals surface area contributed by atoms with Gasteiger partial charge in [0.15, 0.2) is 10.9 Å². The van der Waals surface area contributed by atoms with Gasteiger partial charge in [-0.3, -0.25) is 10.1 Å². The number of fused-ring (bicyclic) bond motifs is 2. The van der Waals surface area contributed by atoms with Crippen LogP contribution in [-0.4, -0.2) is 16.1 Å². The highest BCUT2D eigenvalue weighted by molar-refractivity contribution is 7.99. The number of carbonyl (C=O) groups is 1. The maximum Gasteiger partial charge on any atom is 0.293 e. The third-order valence-corrected chi connectivity index (χ3v) is 7.78. The van der Waals surface area contributed by atoms with Crippen LogP contribution in [0, 0.1) is 0 Å². The number of thiazole rings is 1. The van der Waals surface area contributed by atoms with Crippen molar-refractivity contribution in [2.45, 2.75) is 43.1 Å². The number of carbonyl (C=O) groups excluding carboxylic acids is 1. The topological polar surface area (TPSA) is 55.1 Å². The van der Waals surface area contributed by atoms with Gasteiger partial charge in [0.25, 0.3) is 5.91 Å². The van der Waals surface area contributed by atoms with E-state index in [9.17, 15) is 4.79 Å². The van der Waals surface area contributed by atoms with Gasteiger partial charge in [-0.2, -0.15) is 11.8 Å². The molecule has 148 valence electrons. The summed E-state index contributed by atoms with van der Waals surface area (Å²) in [6.07, 6.45) is 6.52. The Hall–Kier alpha value is -2.31. The van der Waals surface area contributed by atoms with Crippen molar-refractivity contribution in [3.05, 3.63) is 59.9 Å². The lowest BCUT2D eigenvalue weighted by atomic mass is 10.0. The fourth-order valence-corrected chi connectivity index (χ4v) is 6.15. The summed E-state index contributed by atoms with van der Waals surface area (Å²) < 4.78 is 7.05. The molecule has 0 aliphatic heterocycles. The van der Waals surface area contributed by atoms with Crippen molar-refractivity contribution in [3.63, 3.8) is 0 Å². The molecule has 0 unspecified atom stereocenters. The lowest BCUT2D eigenvalue weighted by Gasteiger charge is -2.20. The summed E-state index contributed by atoms with van der Waals surface area (Å²) in [5.74, 6) is 0.984. The molecule has 0 bridgehead atoms. The molecule has 6 heteroatoms. The van der Waals surface area contributed by atoms with Crippen LogP contribution >= 0.6 is 23.1 Å². The first-order chi connectivity index (χ1) is 14.3. The Bertz CT molecular complexity index is 1130. The predicted molar refractivity (Wildman–Crippen MR) is 122 cm³/mol. The van der Waals surface area contributed by atoms with Crippen molar-refractivity contribution in [2.24, 2.45) is 0 Å². The van der Waals surface area contributed by atoms with Gasteiger partial charge in [-0.05, 0) is 31.0 Å². The number of aromatic nitrogens is 1. The summed E-state index contributed by atoms with van der Waals surface area (Å²) in [6, 6.07) is 15.8. The van der Waals surface area contributed by atoms with Crippen LogP contribution in [0.1, 0.15) is 48.2 Å². The Labute approximate surface area is 177 Å². The van der Waals surface area contributed by atoms with Gasteiger partial charge in [-0.15, -0.1) is 0 Å². The molecule has 2 aromatic carbocycles. The monoisotopic (exact) mass is 422 g/mol. The molecule has 4 aromatic rings.